The number of hydrogen-bond donors (Lipinski definition) is 1. The Morgan fingerprint density at radius 2 is 1.60 bits per heavy atom. The van der Waals surface area contributed by atoms with E-state index >= 15 is 0 Å². The van der Waals surface area contributed by atoms with Crippen LogP contribution >= 0.6 is 0 Å². The molecule has 0 fully saturated rings. The van der Waals surface area contributed by atoms with Crippen molar-refractivity contribution in [3.8, 4) is 0 Å². The maximum atomic E-state index is 12.6. The summed E-state index contributed by atoms with van der Waals surface area (Å²) in [7, 11) is 0. The molecule has 4 heteroatoms. The van der Waals surface area contributed by atoms with Gasteiger partial charge in [-0.3, -0.25) is 0 Å². The molecule has 0 saturated heterocycles. The van der Waals surface area contributed by atoms with Gasteiger partial charge in [-0.15, -0.1) is 0 Å². The van der Waals surface area contributed by atoms with Gasteiger partial charge in [-0.1, -0.05) is 37.3 Å². The maximum absolute atomic E-state index is 12.6. The van der Waals surface area contributed by atoms with Gasteiger partial charge in [-0.25, -0.2) is 0 Å². The van der Waals surface area contributed by atoms with E-state index in [0.717, 1.165) is 6.92 Å². The second kappa shape index (κ2) is 3.85. The molecule has 2 N–H and O–H groups in total. The third kappa shape index (κ3) is 2.50. The Morgan fingerprint density at radius 3 is 2.00 bits per heavy atom. The maximum Gasteiger partial charge on any atom is 0.393 e. The first kappa shape index (κ1) is 12.0. The predicted molar refractivity (Wildman–Crippen MR) is 53.2 cm³/mol. The van der Waals surface area contributed by atoms with Crippen molar-refractivity contribution in [3.63, 3.8) is 0 Å². The van der Waals surface area contributed by atoms with Crippen molar-refractivity contribution < 1.29 is 13.2 Å². The highest BCUT2D eigenvalue weighted by Crippen LogP contribution is 2.38. The predicted octanol–water partition coefficient (Wildman–Crippen LogP) is 3.06. The zero-order valence-corrected chi connectivity index (χ0v) is 8.68. The minimum atomic E-state index is -4.28. The van der Waals surface area contributed by atoms with Crippen molar-refractivity contribution in [1.29, 1.82) is 0 Å². The third-order valence-electron chi connectivity index (χ3n) is 2.79. The van der Waals surface area contributed by atoms with Gasteiger partial charge in [0.05, 0.1) is 5.92 Å². The summed E-state index contributed by atoms with van der Waals surface area (Å²) in [4.78, 5) is 0. The summed E-state index contributed by atoms with van der Waals surface area (Å²) in [6, 6.07) is 8.34. The summed E-state index contributed by atoms with van der Waals surface area (Å²) >= 11 is 0. The monoisotopic (exact) mass is 217 g/mol. The molecular formula is C11H14F3N. The molecule has 2 atom stereocenters. The first-order valence-corrected chi connectivity index (χ1v) is 4.67. The Kier molecular flexibility index (Phi) is 3.09. The lowest BCUT2D eigenvalue weighted by Gasteiger charge is -2.33. The largest absolute Gasteiger partial charge is 0.393 e. The molecule has 0 saturated carbocycles. The van der Waals surface area contributed by atoms with E-state index in [9.17, 15) is 13.2 Å². The number of rotatable bonds is 2. The second-order valence-electron chi connectivity index (χ2n) is 3.91. The van der Waals surface area contributed by atoms with Crippen LogP contribution in [0.1, 0.15) is 19.4 Å². The molecule has 0 radical (unpaired) electrons. The van der Waals surface area contributed by atoms with Crippen molar-refractivity contribution >= 4 is 0 Å². The number of halogens is 3. The zero-order valence-electron chi connectivity index (χ0n) is 8.68. The van der Waals surface area contributed by atoms with Gasteiger partial charge < -0.3 is 5.73 Å². The van der Waals surface area contributed by atoms with Crippen LogP contribution in [0.3, 0.4) is 0 Å². The van der Waals surface area contributed by atoms with Gasteiger partial charge in [0.2, 0.25) is 0 Å². The second-order valence-corrected chi connectivity index (χ2v) is 3.91. The molecule has 1 aromatic rings. The normalized spacial score (nSPS) is 18.3. The van der Waals surface area contributed by atoms with E-state index in [1.54, 1.807) is 30.3 Å². The fraction of sp³-hybridized carbons (Fsp3) is 0.455. The van der Waals surface area contributed by atoms with Crippen LogP contribution in [-0.4, -0.2) is 6.18 Å². The van der Waals surface area contributed by atoms with E-state index in [0.29, 0.717) is 5.56 Å². The van der Waals surface area contributed by atoms with E-state index in [4.69, 9.17) is 5.73 Å². The highest BCUT2D eigenvalue weighted by Gasteiger charge is 2.46. The van der Waals surface area contributed by atoms with Crippen molar-refractivity contribution in [2.45, 2.75) is 25.6 Å². The summed E-state index contributed by atoms with van der Waals surface area (Å²) in [6.45, 7) is 2.51. The summed E-state index contributed by atoms with van der Waals surface area (Å²) in [6.07, 6.45) is -4.28. The fourth-order valence-corrected chi connectivity index (χ4v) is 1.39. The molecule has 0 heterocycles. The molecule has 0 aromatic heterocycles. The van der Waals surface area contributed by atoms with Gasteiger partial charge >= 0.3 is 6.18 Å². The molecule has 0 aliphatic heterocycles. The van der Waals surface area contributed by atoms with Gasteiger partial charge in [0, 0.05) is 5.54 Å². The van der Waals surface area contributed by atoms with Gasteiger partial charge in [0.15, 0.2) is 0 Å². The van der Waals surface area contributed by atoms with Gasteiger partial charge in [0.1, 0.15) is 0 Å². The van der Waals surface area contributed by atoms with Crippen LogP contribution in [0.15, 0.2) is 30.3 Å². The molecule has 84 valence electrons. The minimum absolute atomic E-state index is 0.495. The molecule has 0 amide bonds. The van der Waals surface area contributed by atoms with E-state index in [2.05, 4.69) is 0 Å². The van der Waals surface area contributed by atoms with Crippen LogP contribution in [0.25, 0.3) is 0 Å². The van der Waals surface area contributed by atoms with E-state index < -0.39 is 17.6 Å². The first-order chi connectivity index (χ1) is 6.76. The highest BCUT2D eigenvalue weighted by atomic mass is 19.4. The molecule has 0 bridgehead atoms. The van der Waals surface area contributed by atoms with Crippen LogP contribution in [0, 0.1) is 5.92 Å². The Hall–Kier alpha value is -1.03. The van der Waals surface area contributed by atoms with Crippen molar-refractivity contribution in [3.05, 3.63) is 35.9 Å². The van der Waals surface area contributed by atoms with E-state index in [1.165, 1.54) is 6.92 Å². The van der Waals surface area contributed by atoms with Gasteiger partial charge in [0.25, 0.3) is 0 Å². The quantitative estimate of drug-likeness (QED) is 0.809. The molecule has 15 heavy (non-hydrogen) atoms. The van der Waals surface area contributed by atoms with Crippen LogP contribution in [-0.2, 0) is 5.54 Å². The molecule has 1 rings (SSSR count). The fourth-order valence-electron chi connectivity index (χ4n) is 1.39. The Morgan fingerprint density at radius 1 is 1.13 bits per heavy atom. The minimum Gasteiger partial charge on any atom is -0.321 e. The molecule has 0 aliphatic rings. The molecule has 0 aliphatic carbocycles. The zero-order chi connectivity index (χ0) is 11.7. The number of nitrogens with two attached hydrogens (primary N) is 1. The van der Waals surface area contributed by atoms with Crippen LogP contribution < -0.4 is 5.73 Å². The average Bonchev–Trinajstić information content (AvgIpc) is 2.16. The lowest BCUT2D eigenvalue weighted by Crippen LogP contribution is -2.46. The van der Waals surface area contributed by atoms with Crippen molar-refractivity contribution in [2.24, 2.45) is 11.7 Å². The molecule has 1 nitrogen and oxygen atoms in total. The lowest BCUT2D eigenvalue weighted by molar-refractivity contribution is -0.186. The Bertz CT molecular complexity index is 316. The number of hydrogen-bond acceptors (Lipinski definition) is 1. The highest BCUT2D eigenvalue weighted by molar-refractivity contribution is 5.24. The molecule has 0 spiro atoms. The standard InChI is InChI=1S/C11H14F3N/c1-8(11(12,13)14)10(2,15)9-6-4-3-5-7-9/h3-8H,15H2,1-2H3. The summed E-state index contributed by atoms with van der Waals surface area (Å²) in [5.74, 6) is -1.58. The third-order valence-corrected chi connectivity index (χ3v) is 2.79. The molecular weight excluding hydrogens is 203 g/mol. The SMILES string of the molecule is CC(C(F)(F)F)C(C)(N)c1ccccc1. The van der Waals surface area contributed by atoms with Gasteiger partial charge in [-0.05, 0) is 12.5 Å². The van der Waals surface area contributed by atoms with Crippen molar-refractivity contribution in [1.82, 2.24) is 0 Å². The molecule has 1 aromatic carbocycles. The van der Waals surface area contributed by atoms with E-state index in [1.807, 2.05) is 0 Å². The lowest BCUT2D eigenvalue weighted by atomic mass is 9.81. The molecule has 2 unspecified atom stereocenters. The number of alkyl halides is 3. The van der Waals surface area contributed by atoms with Crippen molar-refractivity contribution in [2.75, 3.05) is 0 Å². The summed E-state index contributed by atoms with van der Waals surface area (Å²) in [5, 5.41) is 0. The topological polar surface area (TPSA) is 26.0 Å². The van der Waals surface area contributed by atoms with Crippen LogP contribution in [0.5, 0.6) is 0 Å². The Labute approximate surface area is 87.1 Å². The van der Waals surface area contributed by atoms with Crippen LogP contribution in [0.4, 0.5) is 13.2 Å². The summed E-state index contributed by atoms with van der Waals surface area (Å²) in [5.41, 5.74) is 4.85. The first-order valence-electron chi connectivity index (χ1n) is 4.67. The smallest absolute Gasteiger partial charge is 0.321 e. The number of benzene rings is 1. The average molecular weight is 217 g/mol. The van der Waals surface area contributed by atoms with E-state index in [-0.39, 0.29) is 0 Å². The Balaban J connectivity index is 3.03. The van der Waals surface area contributed by atoms with Crippen LogP contribution in [0.2, 0.25) is 0 Å². The van der Waals surface area contributed by atoms with Gasteiger partial charge in [-0.2, -0.15) is 13.2 Å². The summed E-state index contributed by atoms with van der Waals surface area (Å²) < 4.78 is 37.7.